The zero-order chi connectivity index (χ0) is 14.7. The van der Waals surface area contributed by atoms with Crippen LogP contribution in [-0.2, 0) is 0 Å². The fraction of sp³-hybridized carbons (Fsp3) is 0.533. The number of nitrogens with one attached hydrogen (secondary N) is 1. The summed E-state index contributed by atoms with van der Waals surface area (Å²) in [5.41, 5.74) is 7.99. The first-order valence-electron chi connectivity index (χ1n) is 7.00. The van der Waals surface area contributed by atoms with Crippen molar-refractivity contribution in [2.75, 3.05) is 31.7 Å². The lowest BCUT2D eigenvalue weighted by Gasteiger charge is -2.16. The Morgan fingerprint density at radius 2 is 2.20 bits per heavy atom. The summed E-state index contributed by atoms with van der Waals surface area (Å²) in [5, 5.41) is 12.8. The molecule has 2 atom stereocenters. The van der Waals surface area contributed by atoms with E-state index in [-0.39, 0.29) is 12.0 Å². The Morgan fingerprint density at radius 3 is 2.80 bits per heavy atom. The standard InChI is InChI=1S/C15H23N3O2/c1-18(2)15(20)11-4-6-13(16)14(8-11)17-9-10-3-5-12(19)7-10/h4,6,8,10,12,17,19H,3,5,7,9,16H2,1-2H3. The Morgan fingerprint density at radius 1 is 1.45 bits per heavy atom. The van der Waals surface area contributed by atoms with Crippen LogP contribution in [0.1, 0.15) is 29.6 Å². The smallest absolute Gasteiger partial charge is 0.253 e. The molecule has 1 aliphatic rings. The Bertz CT molecular complexity index is 488. The normalized spacial score (nSPS) is 21.8. The molecule has 0 radical (unpaired) electrons. The van der Waals surface area contributed by atoms with Crippen LogP contribution in [0.15, 0.2) is 18.2 Å². The van der Waals surface area contributed by atoms with Gasteiger partial charge in [-0.05, 0) is 43.4 Å². The van der Waals surface area contributed by atoms with Gasteiger partial charge in [-0.3, -0.25) is 4.79 Å². The van der Waals surface area contributed by atoms with Crippen LogP contribution >= 0.6 is 0 Å². The number of nitrogens with zero attached hydrogens (tertiary/aromatic N) is 1. The third-order valence-electron chi connectivity index (χ3n) is 3.80. The van der Waals surface area contributed by atoms with Crippen LogP contribution in [0.5, 0.6) is 0 Å². The number of nitrogens with two attached hydrogens (primary N) is 1. The van der Waals surface area contributed by atoms with Gasteiger partial charge < -0.3 is 21.1 Å². The number of benzene rings is 1. The molecule has 0 saturated heterocycles. The molecule has 5 nitrogen and oxygen atoms in total. The minimum atomic E-state index is -0.166. The second-order valence-electron chi connectivity index (χ2n) is 5.72. The highest BCUT2D eigenvalue weighted by Crippen LogP contribution is 2.27. The average molecular weight is 277 g/mol. The predicted octanol–water partition coefficient (Wildman–Crippen LogP) is 1.54. The van der Waals surface area contributed by atoms with Crippen molar-refractivity contribution in [3.63, 3.8) is 0 Å². The molecule has 2 rings (SSSR count). The lowest BCUT2D eigenvalue weighted by atomic mass is 10.1. The highest BCUT2D eigenvalue weighted by atomic mass is 16.3. The van der Waals surface area contributed by atoms with Crippen molar-refractivity contribution < 1.29 is 9.90 Å². The van der Waals surface area contributed by atoms with Gasteiger partial charge in [0.1, 0.15) is 0 Å². The van der Waals surface area contributed by atoms with Gasteiger partial charge in [-0.15, -0.1) is 0 Å². The van der Waals surface area contributed by atoms with E-state index < -0.39 is 0 Å². The molecular weight excluding hydrogens is 254 g/mol. The van der Waals surface area contributed by atoms with Crippen molar-refractivity contribution in [2.45, 2.75) is 25.4 Å². The predicted molar refractivity (Wildman–Crippen MR) is 80.7 cm³/mol. The van der Waals surface area contributed by atoms with Gasteiger partial charge in [0.15, 0.2) is 0 Å². The topological polar surface area (TPSA) is 78.6 Å². The van der Waals surface area contributed by atoms with E-state index in [1.54, 1.807) is 37.2 Å². The third-order valence-corrected chi connectivity index (χ3v) is 3.80. The van der Waals surface area contributed by atoms with Crippen LogP contribution < -0.4 is 11.1 Å². The first-order valence-corrected chi connectivity index (χ1v) is 7.00. The van der Waals surface area contributed by atoms with E-state index in [0.717, 1.165) is 31.5 Å². The zero-order valence-corrected chi connectivity index (χ0v) is 12.1. The molecular formula is C15H23N3O2. The van der Waals surface area contributed by atoms with Gasteiger partial charge in [0, 0.05) is 26.2 Å². The van der Waals surface area contributed by atoms with Crippen LogP contribution in [0.3, 0.4) is 0 Å². The Hall–Kier alpha value is -1.75. The van der Waals surface area contributed by atoms with Crippen LogP contribution in [0.2, 0.25) is 0 Å². The number of rotatable bonds is 4. The maximum absolute atomic E-state index is 11.9. The summed E-state index contributed by atoms with van der Waals surface area (Å²) in [7, 11) is 3.46. The molecule has 0 bridgehead atoms. The number of amides is 1. The van der Waals surface area contributed by atoms with E-state index >= 15 is 0 Å². The Labute approximate surface area is 119 Å². The van der Waals surface area contributed by atoms with Gasteiger partial charge in [-0.1, -0.05) is 0 Å². The number of nitrogen functional groups attached to an aromatic ring is 1. The van der Waals surface area contributed by atoms with Crippen molar-refractivity contribution in [3.8, 4) is 0 Å². The van der Waals surface area contributed by atoms with E-state index in [1.165, 1.54) is 0 Å². The SMILES string of the molecule is CN(C)C(=O)c1ccc(N)c(NCC2CCC(O)C2)c1. The van der Waals surface area contributed by atoms with Gasteiger partial charge in [0.25, 0.3) is 5.91 Å². The monoisotopic (exact) mass is 277 g/mol. The number of anilines is 2. The highest BCUT2D eigenvalue weighted by Gasteiger charge is 2.22. The number of carbonyl (C=O) groups is 1. The average Bonchev–Trinajstić information content (AvgIpc) is 2.82. The maximum Gasteiger partial charge on any atom is 0.253 e. The van der Waals surface area contributed by atoms with Crippen molar-refractivity contribution in [1.82, 2.24) is 4.90 Å². The van der Waals surface area contributed by atoms with Gasteiger partial charge in [-0.2, -0.15) is 0 Å². The van der Waals surface area contributed by atoms with E-state index in [1.807, 2.05) is 0 Å². The molecule has 0 aromatic heterocycles. The summed E-state index contributed by atoms with van der Waals surface area (Å²) in [6, 6.07) is 5.29. The number of aliphatic hydroxyl groups excluding tert-OH is 1. The number of aliphatic hydroxyl groups is 1. The minimum Gasteiger partial charge on any atom is -0.397 e. The van der Waals surface area contributed by atoms with E-state index in [0.29, 0.717) is 17.2 Å². The van der Waals surface area contributed by atoms with Gasteiger partial charge in [0.05, 0.1) is 17.5 Å². The van der Waals surface area contributed by atoms with Gasteiger partial charge in [0.2, 0.25) is 0 Å². The summed E-state index contributed by atoms with van der Waals surface area (Å²) in [6.45, 7) is 0.779. The van der Waals surface area contributed by atoms with Crippen LogP contribution in [0, 0.1) is 5.92 Å². The lowest BCUT2D eigenvalue weighted by molar-refractivity contribution is 0.0827. The summed E-state index contributed by atoms with van der Waals surface area (Å²) < 4.78 is 0. The molecule has 1 fully saturated rings. The molecule has 1 aromatic rings. The van der Waals surface area contributed by atoms with Crippen molar-refractivity contribution in [2.24, 2.45) is 5.92 Å². The second kappa shape index (κ2) is 6.13. The number of carbonyl (C=O) groups excluding carboxylic acids is 1. The summed E-state index contributed by atoms with van der Waals surface area (Å²) in [6.07, 6.45) is 2.58. The van der Waals surface area contributed by atoms with E-state index in [9.17, 15) is 9.90 Å². The highest BCUT2D eigenvalue weighted by molar-refractivity contribution is 5.95. The molecule has 20 heavy (non-hydrogen) atoms. The molecule has 110 valence electrons. The number of hydrogen-bond acceptors (Lipinski definition) is 4. The van der Waals surface area contributed by atoms with Gasteiger partial charge >= 0.3 is 0 Å². The molecule has 0 heterocycles. The summed E-state index contributed by atoms with van der Waals surface area (Å²) >= 11 is 0. The van der Waals surface area contributed by atoms with Crippen LogP contribution in [0.4, 0.5) is 11.4 Å². The molecule has 0 spiro atoms. The zero-order valence-electron chi connectivity index (χ0n) is 12.1. The van der Waals surface area contributed by atoms with Crippen molar-refractivity contribution in [1.29, 1.82) is 0 Å². The fourth-order valence-electron chi connectivity index (χ4n) is 2.59. The molecule has 1 saturated carbocycles. The van der Waals surface area contributed by atoms with Crippen molar-refractivity contribution >= 4 is 17.3 Å². The molecule has 0 aliphatic heterocycles. The Balaban J connectivity index is 2.03. The largest absolute Gasteiger partial charge is 0.397 e. The van der Waals surface area contributed by atoms with Gasteiger partial charge in [-0.25, -0.2) is 0 Å². The number of hydrogen-bond donors (Lipinski definition) is 3. The third kappa shape index (κ3) is 3.42. The minimum absolute atomic E-state index is 0.0376. The fourth-order valence-corrected chi connectivity index (χ4v) is 2.59. The lowest BCUT2D eigenvalue weighted by Crippen LogP contribution is -2.22. The van der Waals surface area contributed by atoms with E-state index in [4.69, 9.17) is 5.73 Å². The maximum atomic E-state index is 11.9. The molecule has 4 N–H and O–H groups in total. The first-order chi connectivity index (χ1) is 9.47. The molecule has 1 aliphatic carbocycles. The summed E-state index contributed by atoms with van der Waals surface area (Å²) in [4.78, 5) is 13.5. The quantitative estimate of drug-likeness (QED) is 0.730. The molecule has 2 unspecified atom stereocenters. The first kappa shape index (κ1) is 14.7. The Kier molecular flexibility index (Phi) is 4.49. The molecule has 5 heteroatoms. The summed E-state index contributed by atoms with van der Waals surface area (Å²) in [5.74, 6) is 0.432. The molecule has 1 amide bonds. The van der Waals surface area contributed by atoms with Crippen LogP contribution in [0.25, 0.3) is 0 Å². The second-order valence-corrected chi connectivity index (χ2v) is 5.72. The van der Waals surface area contributed by atoms with Crippen LogP contribution in [-0.4, -0.2) is 42.7 Å². The van der Waals surface area contributed by atoms with E-state index in [2.05, 4.69) is 5.32 Å². The van der Waals surface area contributed by atoms with Crippen molar-refractivity contribution in [3.05, 3.63) is 23.8 Å². The molecule has 1 aromatic carbocycles.